The molecule has 8 heteroatoms. The molecule has 0 radical (unpaired) electrons. The Bertz CT molecular complexity index is 134. The van der Waals surface area contributed by atoms with Gasteiger partial charge in [-0.2, -0.15) is 0 Å². The van der Waals surface area contributed by atoms with Gasteiger partial charge in [-0.1, -0.05) is 32.8 Å². The highest BCUT2D eigenvalue weighted by Crippen LogP contribution is 2.25. The molecular weight excluding hydrogens is 365 g/mol. The summed E-state index contributed by atoms with van der Waals surface area (Å²) in [6.45, 7) is 5.98. The third-order valence-corrected chi connectivity index (χ3v) is 3.79. The quantitative estimate of drug-likeness (QED) is 0.298. The molecule has 0 nitrogen and oxygen atoms in total. The van der Waals surface area contributed by atoms with E-state index in [1.54, 1.807) is 0 Å². The van der Waals surface area contributed by atoms with E-state index < -0.39 is 12.7 Å². The van der Waals surface area contributed by atoms with E-state index >= 15 is 0 Å². The van der Waals surface area contributed by atoms with Gasteiger partial charge in [-0.05, 0) is 12.5 Å². The monoisotopic (exact) mass is 380 g/mol. The second kappa shape index (κ2) is 16.9. The third-order valence-electron chi connectivity index (χ3n) is 1.03. The van der Waals surface area contributed by atoms with E-state index in [2.05, 4.69) is 13.5 Å². The Morgan fingerprint density at radius 3 is 1.44 bits per heavy atom. The van der Waals surface area contributed by atoms with Gasteiger partial charge in [0.15, 0.2) is 0 Å². The number of unbranched alkanes of at least 4 members (excludes halogenated alkanes) is 1. The average Bonchev–Trinajstić information content (AvgIpc) is 2.03. The molecule has 0 atom stereocenters. The fourth-order valence-electron chi connectivity index (χ4n) is 0.488. The first kappa shape index (κ1) is 23.0. The summed E-state index contributed by atoms with van der Waals surface area (Å²) in [4.78, 5) is 0. The molecular formula is C8H18Cl6Si2. The van der Waals surface area contributed by atoms with Crippen LogP contribution in [0.3, 0.4) is 0 Å². The standard InChI is InChI=1S/C5H10.C3H7Cl3Si.Cl3HSi/c1-3-5-4-2;1-2-3-7(4,5)6;1-4(2)3/h3H,1,4-5H2,2H3;2-3H2,1H3;4H. The minimum Gasteiger partial charge on any atom is -0.130 e. The summed E-state index contributed by atoms with van der Waals surface area (Å²) in [7, 11) is 0. The first-order valence-corrected chi connectivity index (χ1v) is 15.3. The zero-order valence-electron chi connectivity index (χ0n) is 9.46. The summed E-state index contributed by atoms with van der Waals surface area (Å²) in [6, 6.07) is -1.47. The number of rotatable bonds is 4. The molecule has 0 unspecified atom stereocenters. The Morgan fingerprint density at radius 1 is 1.06 bits per heavy atom. The lowest BCUT2D eigenvalue weighted by Crippen LogP contribution is -2.06. The van der Waals surface area contributed by atoms with Crippen molar-refractivity contribution in [2.45, 2.75) is 39.2 Å². The van der Waals surface area contributed by atoms with Gasteiger partial charge >= 0.3 is 12.7 Å². The van der Waals surface area contributed by atoms with E-state index in [4.69, 9.17) is 66.5 Å². The highest BCUT2D eigenvalue weighted by atomic mass is 35.8. The van der Waals surface area contributed by atoms with Crippen molar-refractivity contribution in [1.82, 2.24) is 0 Å². The minimum atomic E-state index is -2.24. The molecule has 0 bridgehead atoms. The molecule has 0 saturated heterocycles. The molecule has 0 N–H and O–H groups in total. The molecule has 0 aliphatic heterocycles. The van der Waals surface area contributed by atoms with Gasteiger partial charge in [0.1, 0.15) is 0 Å². The Kier molecular flexibility index (Phi) is 24.4. The van der Waals surface area contributed by atoms with Crippen LogP contribution < -0.4 is 0 Å². The highest BCUT2D eigenvalue weighted by molar-refractivity contribution is 7.64. The third kappa shape index (κ3) is 56.5. The smallest absolute Gasteiger partial charge is 0.130 e. The van der Waals surface area contributed by atoms with Crippen molar-refractivity contribution >= 4 is 79.2 Å². The van der Waals surface area contributed by atoms with Gasteiger partial charge in [0.2, 0.25) is 0 Å². The number of halogens is 6. The van der Waals surface area contributed by atoms with E-state index in [0.29, 0.717) is 0 Å². The maximum absolute atomic E-state index is 5.50. The van der Waals surface area contributed by atoms with E-state index in [1.165, 1.54) is 6.42 Å². The molecule has 0 aromatic heterocycles. The van der Waals surface area contributed by atoms with E-state index in [-0.39, 0.29) is 0 Å². The van der Waals surface area contributed by atoms with Crippen LogP contribution in [0, 0.1) is 0 Å². The first-order chi connectivity index (χ1) is 7.21. The van der Waals surface area contributed by atoms with Crippen molar-refractivity contribution in [2.75, 3.05) is 0 Å². The molecule has 0 aliphatic carbocycles. The molecule has 0 fully saturated rings. The van der Waals surface area contributed by atoms with Crippen LogP contribution in [0.2, 0.25) is 6.04 Å². The van der Waals surface area contributed by atoms with Gasteiger partial charge in [-0.25, -0.2) is 0 Å². The maximum Gasteiger partial charge on any atom is 0.341 e. The van der Waals surface area contributed by atoms with Crippen LogP contribution in [0.5, 0.6) is 0 Å². The van der Waals surface area contributed by atoms with Crippen molar-refractivity contribution in [3.8, 4) is 0 Å². The van der Waals surface area contributed by atoms with Crippen LogP contribution in [0.1, 0.15) is 33.1 Å². The lowest BCUT2D eigenvalue weighted by atomic mass is 10.3. The Balaban J connectivity index is -0.000000166. The molecule has 0 rings (SSSR count). The van der Waals surface area contributed by atoms with Crippen molar-refractivity contribution in [2.24, 2.45) is 0 Å². The van der Waals surface area contributed by atoms with Gasteiger partial charge < -0.3 is 0 Å². The zero-order chi connectivity index (χ0) is 13.6. The molecule has 0 aromatic carbocycles. The van der Waals surface area contributed by atoms with Crippen LogP contribution in [0.4, 0.5) is 0 Å². The summed E-state index contributed by atoms with van der Waals surface area (Å²) < 4.78 is 0. The van der Waals surface area contributed by atoms with Crippen molar-refractivity contribution in [3.63, 3.8) is 0 Å². The van der Waals surface area contributed by atoms with Crippen molar-refractivity contribution < 1.29 is 0 Å². The fourth-order valence-corrected chi connectivity index (χ4v) is 2.76. The fraction of sp³-hybridized carbons (Fsp3) is 0.750. The van der Waals surface area contributed by atoms with Gasteiger partial charge in [0, 0.05) is 0 Å². The lowest BCUT2D eigenvalue weighted by molar-refractivity contribution is 0.961. The maximum atomic E-state index is 5.50. The minimum absolute atomic E-state index is 0.775. The normalized spacial score (nSPS) is 9.81. The van der Waals surface area contributed by atoms with Crippen molar-refractivity contribution in [3.05, 3.63) is 12.7 Å². The summed E-state index contributed by atoms with van der Waals surface area (Å²) in [5.41, 5.74) is 0. The predicted octanol–water partition coefficient (Wildman–Crippen LogP) is 6.44. The summed E-state index contributed by atoms with van der Waals surface area (Å²) in [5, 5.41) is 0. The van der Waals surface area contributed by atoms with Crippen molar-refractivity contribution in [1.29, 1.82) is 0 Å². The summed E-state index contributed by atoms with van der Waals surface area (Å²) in [5.74, 6) is 0. The Hall–Kier alpha value is 1.91. The zero-order valence-corrected chi connectivity index (χ0v) is 16.1. The largest absolute Gasteiger partial charge is 0.341 e. The van der Waals surface area contributed by atoms with E-state index in [0.717, 1.165) is 18.9 Å². The van der Waals surface area contributed by atoms with E-state index in [1.807, 2.05) is 13.0 Å². The topological polar surface area (TPSA) is 0 Å². The molecule has 0 aliphatic rings. The molecule has 100 valence electrons. The molecule has 0 spiro atoms. The SMILES string of the molecule is C=CCCC.CCC[Si](Cl)(Cl)Cl.Cl[SiH](Cl)Cl. The molecule has 0 amide bonds. The van der Waals surface area contributed by atoms with Crippen LogP contribution in [0.15, 0.2) is 12.7 Å². The van der Waals surface area contributed by atoms with Gasteiger partial charge in [0.25, 0.3) is 0 Å². The Labute approximate surface area is 130 Å². The molecule has 16 heavy (non-hydrogen) atoms. The van der Waals surface area contributed by atoms with E-state index in [9.17, 15) is 0 Å². The summed E-state index contributed by atoms with van der Waals surface area (Å²) >= 11 is 31.3. The second-order valence-corrected chi connectivity index (χ2v) is 18.4. The van der Waals surface area contributed by atoms with Gasteiger partial charge in [-0.15, -0.1) is 73.1 Å². The Morgan fingerprint density at radius 2 is 1.44 bits per heavy atom. The first-order valence-electron chi connectivity index (χ1n) is 4.81. The lowest BCUT2D eigenvalue weighted by Gasteiger charge is -2.01. The van der Waals surface area contributed by atoms with Crippen LogP contribution in [-0.2, 0) is 0 Å². The molecule has 0 heterocycles. The highest BCUT2D eigenvalue weighted by Gasteiger charge is 2.22. The molecule has 0 saturated carbocycles. The second-order valence-electron chi connectivity index (χ2n) is 2.69. The average molecular weight is 383 g/mol. The summed E-state index contributed by atoms with van der Waals surface area (Å²) in [6.07, 6.45) is 5.28. The van der Waals surface area contributed by atoms with Gasteiger partial charge in [0.05, 0.1) is 0 Å². The van der Waals surface area contributed by atoms with Gasteiger partial charge in [-0.3, -0.25) is 0 Å². The predicted molar refractivity (Wildman–Crippen MR) is 88.2 cm³/mol. The number of hydrogen-bond donors (Lipinski definition) is 0. The number of allylic oxidation sites excluding steroid dienone is 1. The van der Waals surface area contributed by atoms with Crippen LogP contribution >= 0.6 is 66.5 Å². The molecule has 0 aromatic rings. The van der Waals surface area contributed by atoms with Crippen LogP contribution in [-0.4, -0.2) is 12.7 Å². The number of hydrogen-bond acceptors (Lipinski definition) is 0. The van der Waals surface area contributed by atoms with Crippen LogP contribution in [0.25, 0.3) is 0 Å².